The van der Waals surface area contributed by atoms with Crippen molar-refractivity contribution in [1.82, 2.24) is 0 Å². The van der Waals surface area contributed by atoms with E-state index >= 15 is 0 Å². The van der Waals surface area contributed by atoms with Crippen LogP contribution in [0, 0.1) is 0 Å². The summed E-state index contributed by atoms with van der Waals surface area (Å²) in [6.07, 6.45) is 2.50. The molecular formula is C10H14O3S. The lowest BCUT2D eigenvalue weighted by Gasteiger charge is -1.98. The van der Waals surface area contributed by atoms with E-state index in [4.69, 9.17) is 9.15 Å². The summed E-state index contributed by atoms with van der Waals surface area (Å²) >= 11 is 1.61. The summed E-state index contributed by atoms with van der Waals surface area (Å²) in [5.41, 5.74) is 0. The van der Waals surface area contributed by atoms with Crippen molar-refractivity contribution in [1.29, 1.82) is 0 Å². The summed E-state index contributed by atoms with van der Waals surface area (Å²) < 4.78 is 9.89. The average molecular weight is 214 g/mol. The predicted octanol–water partition coefficient (Wildman–Crippen LogP) is 2.23. The Bertz CT molecular complexity index is 256. The van der Waals surface area contributed by atoms with Gasteiger partial charge in [-0.25, -0.2) is 0 Å². The molecular weight excluding hydrogens is 200 g/mol. The number of hydrogen-bond acceptors (Lipinski definition) is 4. The highest BCUT2D eigenvalue weighted by Gasteiger charge is 2.07. The quantitative estimate of drug-likeness (QED) is 0.515. The molecule has 0 aliphatic carbocycles. The fourth-order valence-corrected chi connectivity index (χ4v) is 1.77. The van der Waals surface area contributed by atoms with Crippen molar-refractivity contribution in [3.8, 4) is 0 Å². The second-order valence-corrected chi connectivity index (χ2v) is 3.90. The Kier molecular flexibility index (Phi) is 5.40. The normalized spacial score (nSPS) is 10.4. The molecule has 0 saturated heterocycles. The average Bonchev–Trinajstić information content (AvgIpc) is 2.70. The first-order chi connectivity index (χ1) is 6.84. The Morgan fingerprint density at radius 1 is 1.64 bits per heavy atom. The number of rotatable bonds is 7. The van der Waals surface area contributed by atoms with E-state index in [1.165, 1.54) is 6.26 Å². The van der Waals surface area contributed by atoms with E-state index in [0.717, 1.165) is 18.8 Å². The molecule has 0 fully saturated rings. The second-order valence-electron chi connectivity index (χ2n) is 2.80. The highest BCUT2D eigenvalue weighted by atomic mass is 32.2. The van der Waals surface area contributed by atoms with E-state index in [1.54, 1.807) is 31.0 Å². The van der Waals surface area contributed by atoms with Gasteiger partial charge in [0.05, 0.1) is 12.0 Å². The predicted molar refractivity (Wildman–Crippen MR) is 56.9 cm³/mol. The molecule has 0 aromatic carbocycles. The van der Waals surface area contributed by atoms with Gasteiger partial charge in [-0.2, -0.15) is 11.8 Å². The van der Waals surface area contributed by atoms with E-state index < -0.39 is 0 Å². The lowest BCUT2D eigenvalue weighted by molar-refractivity contribution is 0.0992. The van der Waals surface area contributed by atoms with Crippen molar-refractivity contribution >= 4 is 17.5 Å². The Labute approximate surface area is 87.8 Å². The van der Waals surface area contributed by atoms with Crippen LogP contribution in [0.2, 0.25) is 0 Å². The molecule has 1 aromatic heterocycles. The van der Waals surface area contributed by atoms with Crippen molar-refractivity contribution in [2.45, 2.75) is 6.42 Å². The Balaban J connectivity index is 2.10. The molecule has 0 aliphatic rings. The SMILES string of the molecule is COCCCSCC(=O)c1ccco1. The summed E-state index contributed by atoms with van der Waals surface area (Å²) in [5.74, 6) is 1.93. The maximum atomic E-state index is 11.4. The number of carbonyl (C=O) groups is 1. The van der Waals surface area contributed by atoms with Gasteiger partial charge < -0.3 is 9.15 Å². The molecule has 0 spiro atoms. The zero-order valence-electron chi connectivity index (χ0n) is 8.19. The number of thioether (sulfide) groups is 1. The minimum atomic E-state index is 0.0532. The summed E-state index contributed by atoms with van der Waals surface area (Å²) in [6.45, 7) is 0.752. The van der Waals surface area contributed by atoms with Crippen LogP contribution in [0.25, 0.3) is 0 Å². The molecule has 0 aliphatic heterocycles. The van der Waals surface area contributed by atoms with Crippen LogP contribution in [0.4, 0.5) is 0 Å². The minimum absolute atomic E-state index is 0.0532. The molecule has 0 N–H and O–H groups in total. The third kappa shape index (κ3) is 3.98. The summed E-state index contributed by atoms with van der Waals surface area (Å²) in [7, 11) is 1.68. The van der Waals surface area contributed by atoms with Gasteiger partial charge in [0.15, 0.2) is 5.76 Å². The molecule has 0 atom stereocenters. The lowest BCUT2D eigenvalue weighted by atomic mass is 10.3. The first kappa shape index (κ1) is 11.3. The van der Waals surface area contributed by atoms with Crippen molar-refractivity contribution in [3.63, 3.8) is 0 Å². The van der Waals surface area contributed by atoms with Crippen molar-refractivity contribution in [3.05, 3.63) is 24.2 Å². The molecule has 0 saturated carbocycles. The highest BCUT2D eigenvalue weighted by Crippen LogP contribution is 2.08. The molecule has 3 nitrogen and oxygen atoms in total. The van der Waals surface area contributed by atoms with E-state index in [-0.39, 0.29) is 5.78 Å². The van der Waals surface area contributed by atoms with Gasteiger partial charge in [0.1, 0.15) is 0 Å². The third-order valence-corrected chi connectivity index (χ3v) is 2.71. The van der Waals surface area contributed by atoms with Gasteiger partial charge in [0.25, 0.3) is 0 Å². The first-order valence-electron chi connectivity index (χ1n) is 4.48. The van der Waals surface area contributed by atoms with Gasteiger partial charge in [-0.1, -0.05) is 0 Å². The molecule has 1 aromatic rings. The number of ketones is 1. The molecule has 1 heterocycles. The topological polar surface area (TPSA) is 39.4 Å². The molecule has 78 valence electrons. The summed E-state index contributed by atoms with van der Waals surface area (Å²) in [4.78, 5) is 11.4. The molecule has 0 amide bonds. The number of methoxy groups -OCH3 is 1. The fourth-order valence-electron chi connectivity index (χ4n) is 0.979. The molecule has 1 rings (SSSR count). The highest BCUT2D eigenvalue weighted by molar-refractivity contribution is 7.99. The second kappa shape index (κ2) is 6.68. The van der Waals surface area contributed by atoms with Gasteiger partial charge in [0.2, 0.25) is 5.78 Å². The number of furan rings is 1. The van der Waals surface area contributed by atoms with Crippen molar-refractivity contribution in [2.24, 2.45) is 0 Å². The van der Waals surface area contributed by atoms with Gasteiger partial charge in [-0.05, 0) is 24.3 Å². The number of carbonyl (C=O) groups excluding carboxylic acids is 1. The van der Waals surface area contributed by atoms with E-state index in [9.17, 15) is 4.79 Å². The Morgan fingerprint density at radius 3 is 3.14 bits per heavy atom. The lowest BCUT2D eigenvalue weighted by Crippen LogP contribution is -2.02. The zero-order valence-corrected chi connectivity index (χ0v) is 9.01. The Hall–Kier alpha value is -0.740. The number of ether oxygens (including phenoxy) is 1. The van der Waals surface area contributed by atoms with E-state index in [0.29, 0.717) is 11.5 Å². The molecule has 0 bridgehead atoms. The molecule has 0 radical (unpaired) electrons. The van der Waals surface area contributed by atoms with Crippen LogP contribution in [0.5, 0.6) is 0 Å². The summed E-state index contributed by atoms with van der Waals surface area (Å²) in [6, 6.07) is 3.42. The van der Waals surface area contributed by atoms with Gasteiger partial charge in [-0.3, -0.25) is 4.79 Å². The van der Waals surface area contributed by atoms with Crippen molar-refractivity contribution in [2.75, 3.05) is 25.2 Å². The van der Waals surface area contributed by atoms with E-state index in [2.05, 4.69) is 0 Å². The van der Waals surface area contributed by atoms with Crippen LogP contribution in [0.3, 0.4) is 0 Å². The minimum Gasteiger partial charge on any atom is -0.461 e. The van der Waals surface area contributed by atoms with Gasteiger partial charge >= 0.3 is 0 Å². The van der Waals surface area contributed by atoms with Crippen LogP contribution in [0.1, 0.15) is 17.0 Å². The van der Waals surface area contributed by atoms with Crippen LogP contribution in [0.15, 0.2) is 22.8 Å². The van der Waals surface area contributed by atoms with Gasteiger partial charge in [-0.15, -0.1) is 0 Å². The third-order valence-electron chi connectivity index (χ3n) is 1.67. The monoisotopic (exact) mass is 214 g/mol. The first-order valence-corrected chi connectivity index (χ1v) is 5.63. The van der Waals surface area contributed by atoms with Crippen LogP contribution < -0.4 is 0 Å². The number of Topliss-reactive ketones (excluding diaryl/α,β-unsaturated/α-hetero) is 1. The molecule has 0 unspecified atom stereocenters. The smallest absolute Gasteiger partial charge is 0.207 e. The standard InChI is InChI=1S/C10H14O3S/c1-12-5-3-7-14-8-9(11)10-4-2-6-13-10/h2,4,6H,3,5,7-8H2,1H3. The molecule has 14 heavy (non-hydrogen) atoms. The zero-order chi connectivity index (χ0) is 10.2. The van der Waals surface area contributed by atoms with Crippen LogP contribution in [-0.2, 0) is 4.74 Å². The summed E-state index contributed by atoms with van der Waals surface area (Å²) in [5, 5.41) is 0. The number of hydrogen-bond donors (Lipinski definition) is 0. The van der Waals surface area contributed by atoms with Crippen LogP contribution >= 0.6 is 11.8 Å². The van der Waals surface area contributed by atoms with Gasteiger partial charge in [0, 0.05) is 13.7 Å². The Morgan fingerprint density at radius 2 is 2.50 bits per heavy atom. The largest absolute Gasteiger partial charge is 0.461 e. The molecule has 4 heteroatoms. The van der Waals surface area contributed by atoms with Crippen LogP contribution in [-0.4, -0.2) is 31.0 Å². The fraction of sp³-hybridized carbons (Fsp3) is 0.500. The van der Waals surface area contributed by atoms with Crippen molar-refractivity contribution < 1.29 is 13.9 Å². The van der Waals surface area contributed by atoms with E-state index in [1.807, 2.05) is 0 Å². The maximum Gasteiger partial charge on any atom is 0.207 e. The maximum absolute atomic E-state index is 11.4.